The summed E-state index contributed by atoms with van der Waals surface area (Å²) in [5, 5.41) is 0. The molecule has 0 N–H and O–H groups in total. The average molecular weight is 521 g/mol. The summed E-state index contributed by atoms with van der Waals surface area (Å²) in [5.41, 5.74) is 9.26. The second-order valence-corrected chi connectivity index (χ2v) is 8.45. The SMILES string of the molecule is [Co+2].c1cc2nc(c1)c1cccc(n1)c1cccc(n1)c1cccc(n1)c1cccc(n1)c1cccc2n1. The van der Waals surface area contributed by atoms with Crippen LogP contribution in [0, 0.1) is 0 Å². The summed E-state index contributed by atoms with van der Waals surface area (Å²) < 4.78 is 0. The largest absolute Gasteiger partial charge is 2.00 e. The van der Waals surface area contributed by atoms with Gasteiger partial charge in [-0.1, -0.05) is 36.4 Å². The molecule has 0 aliphatic heterocycles. The predicted molar refractivity (Wildman–Crippen MR) is 145 cm³/mol. The van der Waals surface area contributed by atoms with E-state index in [9.17, 15) is 0 Å². The van der Waals surface area contributed by atoms with Gasteiger partial charge in [0.1, 0.15) is 0 Å². The van der Waals surface area contributed by atoms with Crippen LogP contribution in [0.5, 0.6) is 0 Å². The van der Waals surface area contributed by atoms with Crippen LogP contribution in [0.1, 0.15) is 0 Å². The predicted octanol–water partition coefficient (Wildman–Crippen LogP) is 6.66. The summed E-state index contributed by atoms with van der Waals surface area (Å²) in [6.45, 7) is 0. The van der Waals surface area contributed by atoms with Gasteiger partial charge in [0.05, 0.1) is 66.2 Å². The smallest absolute Gasteiger partial charge is 0.245 e. The third kappa shape index (κ3) is 4.31. The van der Waals surface area contributed by atoms with Gasteiger partial charge in [0.25, 0.3) is 0 Å². The fourth-order valence-electron chi connectivity index (χ4n) is 4.32. The van der Waals surface area contributed by atoms with Crippen molar-refractivity contribution >= 4 is 66.2 Å². The molecule has 37 heavy (non-hydrogen) atoms. The first-order valence-electron chi connectivity index (χ1n) is 11.6. The molecule has 12 bridgehead atoms. The van der Waals surface area contributed by atoms with Gasteiger partial charge in [-0.05, 0) is 72.8 Å². The fraction of sp³-hybridized carbons (Fsp3) is 0. The van der Waals surface area contributed by atoms with Crippen molar-refractivity contribution in [3.05, 3.63) is 109 Å². The molecule has 1 radical (unpaired) electrons. The van der Waals surface area contributed by atoms with E-state index in [1.807, 2.05) is 109 Å². The number of aromatic nitrogens is 6. The molecule has 0 fully saturated rings. The summed E-state index contributed by atoms with van der Waals surface area (Å²) in [4.78, 5) is 29.3. The van der Waals surface area contributed by atoms with E-state index in [1.165, 1.54) is 0 Å². The first-order chi connectivity index (χ1) is 17.8. The molecule has 0 aliphatic carbocycles. The van der Waals surface area contributed by atoms with Crippen LogP contribution in [0.3, 0.4) is 0 Å². The third-order valence-corrected chi connectivity index (χ3v) is 6.07. The molecule has 7 rings (SSSR count). The molecule has 0 saturated carbocycles. The molecule has 0 atom stereocenters. The van der Waals surface area contributed by atoms with Crippen LogP contribution in [-0.2, 0) is 16.8 Å². The van der Waals surface area contributed by atoms with Gasteiger partial charge in [0, 0.05) is 0 Å². The van der Waals surface area contributed by atoms with Gasteiger partial charge in [-0.25, -0.2) is 29.9 Å². The van der Waals surface area contributed by atoms with Crippen molar-refractivity contribution in [1.82, 2.24) is 29.9 Å². The van der Waals surface area contributed by atoms with Crippen LogP contribution < -0.4 is 0 Å². The number of pyridine rings is 6. The summed E-state index contributed by atoms with van der Waals surface area (Å²) in [6, 6.07) is 35.4. The van der Waals surface area contributed by atoms with Crippen LogP contribution in [-0.4, -0.2) is 29.9 Å². The van der Waals surface area contributed by atoms with Crippen LogP contribution in [0.25, 0.3) is 66.2 Å². The Bertz CT molecular complexity index is 1560. The van der Waals surface area contributed by atoms with E-state index in [-0.39, 0.29) is 16.8 Å². The molecular weight excluding hydrogens is 503 g/mol. The van der Waals surface area contributed by atoms with Gasteiger partial charge in [-0.2, -0.15) is 0 Å². The van der Waals surface area contributed by atoms with Gasteiger partial charge in [0.15, 0.2) is 0 Å². The zero-order valence-corrected chi connectivity index (χ0v) is 20.4. The Hall–Kier alpha value is -4.59. The molecule has 7 heteroatoms. The Labute approximate surface area is 221 Å². The number of hydrogen-bond donors (Lipinski definition) is 0. The second kappa shape index (κ2) is 9.46. The van der Waals surface area contributed by atoms with Crippen molar-refractivity contribution in [2.45, 2.75) is 0 Å². The van der Waals surface area contributed by atoms with Crippen molar-refractivity contribution < 1.29 is 16.8 Å². The standard InChI is InChI=1S/C30H18N6.Co/c1-7-19-21-9-2-11-23(32-21)25-13-4-15-27(34-25)29-17-6-18-30(36-29)28-16-5-14-26(35-28)24-12-3-10-22(33-24)20(8-1)31-19;/h1-18H;/q;+2. The maximum Gasteiger partial charge on any atom is 2.00 e. The van der Waals surface area contributed by atoms with E-state index in [0.29, 0.717) is 0 Å². The maximum atomic E-state index is 4.89. The Morgan fingerprint density at radius 1 is 0.216 bits per heavy atom. The van der Waals surface area contributed by atoms with Crippen LogP contribution in [0.2, 0.25) is 0 Å². The molecular formula is C30H18CoN6+2. The molecule has 6 nitrogen and oxygen atoms in total. The van der Waals surface area contributed by atoms with E-state index in [0.717, 1.165) is 66.2 Å². The molecule has 7 aromatic heterocycles. The van der Waals surface area contributed by atoms with Crippen LogP contribution >= 0.6 is 0 Å². The van der Waals surface area contributed by atoms with Gasteiger partial charge in [-0.3, -0.25) is 0 Å². The van der Waals surface area contributed by atoms with Gasteiger partial charge in [-0.15, -0.1) is 0 Å². The minimum atomic E-state index is 0. The first-order valence-corrected chi connectivity index (χ1v) is 11.6. The fourth-order valence-corrected chi connectivity index (χ4v) is 4.32. The minimum absolute atomic E-state index is 0. The number of hydrogen-bond acceptors (Lipinski definition) is 6. The van der Waals surface area contributed by atoms with Crippen LogP contribution in [0.15, 0.2) is 109 Å². The molecule has 7 aromatic rings. The van der Waals surface area contributed by atoms with Gasteiger partial charge >= 0.3 is 16.8 Å². The quantitative estimate of drug-likeness (QED) is 0.222. The maximum absolute atomic E-state index is 4.89. The molecule has 7 heterocycles. The number of nitrogens with zero attached hydrogens (tertiary/aromatic N) is 6. The van der Waals surface area contributed by atoms with E-state index < -0.39 is 0 Å². The monoisotopic (exact) mass is 521 g/mol. The normalized spacial score (nSPS) is 11.0. The molecule has 0 amide bonds. The van der Waals surface area contributed by atoms with E-state index in [2.05, 4.69) is 0 Å². The summed E-state index contributed by atoms with van der Waals surface area (Å²) >= 11 is 0. The molecule has 0 aromatic carbocycles. The molecule has 0 saturated heterocycles. The van der Waals surface area contributed by atoms with Crippen molar-refractivity contribution in [3.8, 4) is 0 Å². The van der Waals surface area contributed by atoms with Gasteiger partial charge < -0.3 is 0 Å². The third-order valence-electron chi connectivity index (χ3n) is 6.07. The zero-order valence-electron chi connectivity index (χ0n) is 19.4. The molecule has 0 unspecified atom stereocenters. The van der Waals surface area contributed by atoms with Crippen molar-refractivity contribution in [1.29, 1.82) is 0 Å². The Kier molecular flexibility index (Phi) is 5.84. The Balaban J connectivity index is 0.00000252. The van der Waals surface area contributed by atoms with E-state index in [4.69, 9.17) is 29.9 Å². The summed E-state index contributed by atoms with van der Waals surface area (Å²) in [5.74, 6) is 0. The molecule has 0 spiro atoms. The van der Waals surface area contributed by atoms with Crippen LogP contribution in [0.4, 0.5) is 0 Å². The number of fused-ring (bicyclic) bond motifs is 18. The van der Waals surface area contributed by atoms with Crippen molar-refractivity contribution in [2.75, 3.05) is 0 Å². The average Bonchev–Trinajstić information content (AvgIpc) is 2.97. The summed E-state index contributed by atoms with van der Waals surface area (Å²) in [6.07, 6.45) is 0. The second-order valence-electron chi connectivity index (χ2n) is 8.45. The molecule has 0 aliphatic rings. The van der Waals surface area contributed by atoms with Gasteiger partial charge in [0.2, 0.25) is 0 Å². The van der Waals surface area contributed by atoms with Crippen molar-refractivity contribution in [3.63, 3.8) is 0 Å². The Morgan fingerprint density at radius 3 is 0.432 bits per heavy atom. The zero-order chi connectivity index (χ0) is 23.9. The van der Waals surface area contributed by atoms with E-state index in [1.54, 1.807) is 0 Å². The Morgan fingerprint density at radius 2 is 0.324 bits per heavy atom. The first kappa shape index (κ1) is 22.8. The minimum Gasteiger partial charge on any atom is -0.245 e. The summed E-state index contributed by atoms with van der Waals surface area (Å²) in [7, 11) is 0. The number of rotatable bonds is 0. The topological polar surface area (TPSA) is 77.3 Å². The molecule has 175 valence electrons. The van der Waals surface area contributed by atoms with E-state index >= 15 is 0 Å². The van der Waals surface area contributed by atoms with Crippen molar-refractivity contribution in [2.24, 2.45) is 0 Å².